The van der Waals surface area contributed by atoms with E-state index in [9.17, 15) is 5.11 Å². The first-order valence-corrected chi connectivity index (χ1v) is 7.76. The van der Waals surface area contributed by atoms with E-state index in [4.69, 9.17) is 9.47 Å². The van der Waals surface area contributed by atoms with Crippen LogP contribution in [0.5, 0.6) is 11.5 Å². The number of aliphatic hydroxyl groups excluding tert-OH is 1. The Hall–Kier alpha value is -1.04. The quantitative estimate of drug-likeness (QED) is 0.827. The summed E-state index contributed by atoms with van der Waals surface area (Å²) in [5.74, 6) is 1.41. The summed E-state index contributed by atoms with van der Waals surface area (Å²) in [5, 5.41) is 10.5. The molecule has 3 rings (SSSR count). The minimum Gasteiger partial charge on any atom is -0.486 e. The van der Waals surface area contributed by atoms with E-state index in [2.05, 4.69) is 31.9 Å². The Kier molecular flexibility index (Phi) is 4.01. The van der Waals surface area contributed by atoms with E-state index >= 15 is 0 Å². The lowest BCUT2D eigenvalue weighted by Crippen LogP contribution is -2.15. The third-order valence-corrected chi connectivity index (χ3v) is 5.02. The normalized spacial score (nSPS) is 14.9. The first-order valence-electron chi connectivity index (χ1n) is 6.18. The smallest absolute Gasteiger partial charge is 0.161 e. The highest BCUT2D eigenvalue weighted by atomic mass is 79.9. The highest BCUT2D eigenvalue weighted by Crippen LogP contribution is 2.35. The largest absolute Gasteiger partial charge is 0.486 e. The minimum absolute atomic E-state index is 0.538. The zero-order chi connectivity index (χ0) is 14.1. The monoisotopic (exact) mass is 398 g/mol. The number of ether oxygens (including phenoxy) is 2. The second kappa shape index (κ2) is 5.76. The Balaban J connectivity index is 1.93. The molecule has 0 fully saturated rings. The number of fused-ring (bicyclic) bond motifs is 1. The van der Waals surface area contributed by atoms with E-state index < -0.39 is 6.10 Å². The number of hydrogen-bond donors (Lipinski definition) is 1. The van der Waals surface area contributed by atoms with E-state index in [1.165, 1.54) is 0 Å². The van der Waals surface area contributed by atoms with Crippen LogP contribution < -0.4 is 9.47 Å². The van der Waals surface area contributed by atoms with Crippen LogP contribution in [0.15, 0.2) is 45.3 Å². The number of aliphatic hydroxyl groups is 1. The molecule has 0 saturated heterocycles. The van der Waals surface area contributed by atoms with E-state index in [1.54, 1.807) is 0 Å². The minimum atomic E-state index is -0.699. The summed E-state index contributed by atoms with van der Waals surface area (Å²) in [5.41, 5.74) is 1.60. The number of halogens is 2. The van der Waals surface area contributed by atoms with Gasteiger partial charge in [-0.1, -0.05) is 12.1 Å². The Bertz CT molecular complexity index is 643. The summed E-state index contributed by atoms with van der Waals surface area (Å²) in [6, 6.07) is 11.2. The van der Waals surface area contributed by atoms with Crippen LogP contribution in [0, 0.1) is 0 Å². The van der Waals surface area contributed by atoms with Gasteiger partial charge in [-0.05, 0) is 67.3 Å². The molecule has 1 aliphatic heterocycles. The lowest BCUT2D eigenvalue weighted by Gasteiger charge is -2.20. The average Bonchev–Trinajstić information content (AvgIpc) is 2.49. The Morgan fingerprint density at radius 2 is 1.50 bits per heavy atom. The molecule has 1 heterocycles. The molecule has 0 saturated carbocycles. The highest BCUT2D eigenvalue weighted by Gasteiger charge is 2.17. The van der Waals surface area contributed by atoms with Gasteiger partial charge in [-0.2, -0.15) is 0 Å². The van der Waals surface area contributed by atoms with Gasteiger partial charge in [0.25, 0.3) is 0 Å². The van der Waals surface area contributed by atoms with Gasteiger partial charge in [-0.15, -0.1) is 0 Å². The molecule has 104 valence electrons. The van der Waals surface area contributed by atoms with Gasteiger partial charge < -0.3 is 14.6 Å². The third kappa shape index (κ3) is 2.71. The van der Waals surface area contributed by atoms with Gasteiger partial charge in [0.15, 0.2) is 11.5 Å². The summed E-state index contributed by atoms with van der Waals surface area (Å²) in [7, 11) is 0. The molecule has 0 spiro atoms. The second-order valence-electron chi connectivity index (χ2n) is 4.48. The van der Waals surface area contributed by atoms with Crippen molar-refractivity contribution in [1.82, 2.24) is 0 Å². The van der Waals surface area contributed by atoms with Crippen LogP contribution in [0.25, 0.3) is 0 Å². The Morgan fingerprint density at radius 1 is 0.850 bits per heavy atom. The SMILES string of the molecule is OC(c1ccc(Br)c(Br)c1)c1ccc2c(c1)OCCO2. The molecule has 5 heteroatoms. The van der Waals surface area contributed by atoms with Gasteiger partial charge in [0.2, 0.25) is 0 Å². The predicted octanol–water partition coefficient (Wildman–Crippen LogP) is 4.06. The van der Waals surface area contributed by atoms with E-state index in [1.807, 2.05) is 36.4 Å². The zero-order valence-electron chi connectivity index (χ0n) is 10.5. The first kappa shape index (κ1) is 13.9. The number of hydrogen-bond acceptors (Lipinski definition) is 3. The molecule has 2 aromatic rings. The summed E-state index contributed by atoms with van der Waals surface area (Å²) < 4.78 is 12.9. The molecule has 0 bridgehead atoms. The van der Waals surface area contributed by atoms with Crippen LogP contribution in [-0.4, -0.2) is 18.3 Å². The van der Waals surface area contributed by atoms with Crippen molar-refractivity contribution >= 4 is 31.9 Å². The topological polar surface area (TPSA) is 38.7 Å². The van der Waals surface area contributed by atoms with Crippen molar-refractivity contribution in [3.05, 3.63) is 56.5 Å². The maximum atomic E-state index is 10.5. The molecule has 1 unspecified atom stereocenters. The van der Waals surface area contributed by atoms with Crippen molar-refractivity contribution in [2.75, 3.05) is 13.2 Å². The van der Waals surface area contributed by atoms with Crippen LogP contribution in [0.3, 0.4) is 0 Å². The third-order valence-electron chi connectivity index (χ3n) is 3.14. The number of benzene rings is 2. The lowest BCUT2D eigenvalue weighted by atomic mass is 10.0. The van der Waals surface area contributed by atoms with Crippen LogP contribution in [0.4, 0.5) is 0 Å². The van der Waals surface area contributed by atoms with Gasteiger partial charge in [0.05, 0.1) is 0 Å². The van der Waals surface area contributed by atoms with Gasteiger partial charge >= 0.3 is 0 Å². The molecule has 1 N–H and O–H groups in total. The fraction of sp³-hybridized carbons (Fsp3) is 0.200. The summed E-state index contributed by atoms with van der Waals surface area (Å²) >= 11 is 6.86. The molecule has 0 aliphatic carbocycles. The highest BCUT2D eigenvalue weighted by molar-refractivity contribution is 9.13. The molecule has 20 heavy (non-hydrogen) atoms. The fourth-order valence-electron chi connectivity index (χ4n) is 2.10. The van der Waals surface area contributed by atoms with Crippen molar-refractivity contribution in [3.8, 4) is 11.5 Å². The van der Waals surface area contributed by atoms with Crippen molar-refractivity contribution in [3.63, 3.8) is 0 Å². The predicted molar refractivity (Wildman–Crippen MR) is 83.3 cm³/mol. The molecule has 0 radical (unpaired) electrons. The Morgan fingerprint density at radius 3 is 2.25 bits per heavy atom. The number of rotatable bonds is 2. The van der Waals surface area contributed by atoms with Crippen LogP contribution in [0.1, 0.15) is 17.2 Å². The van der Waals surface area contributed by atoms with E-state index in [0.29, 0.717) is 19.0 Å². The maximum Gasteiger partial charge on any atom is 0.161 e. The van der Waals surface area contributed by atoms with Crippen LogP contribution >= 0.6 is 31.9 Å². The molecular formula is C15H12Br2O3. The maximum absolute atomic E-state index is 10.5. The zero-order valence-corrected chi connectivity index (χ0v) is 13.6. The summed E-state index contributed by atoms with van der Waals surface area (Å²) in [6.45, 7) is 1.10. The van der Waals surface area contributed by atoms with Gasteiger partial charge in [-0.3, -0.25) is 0 Å². The van der Waals surface area contributed by atoms with Crippen molar-refractivity contribution < 1.29 is 14.6 Å². The first-order chi connectivity index (χ1) is 9.65. The van der Waals surface area contributed by atoms with Crippen molar-refractivity contribution in [1.29, 1.82) is 0 Å². The lowest BCUT2D eigenvalue weighted by molar-refractivity contribution is 0.169. The molecule has 1 atom stereocenters. The molecule has 0 aromatic heterocycles. The standard InChI is InChI=1S/C15H12Br2O3/c16-11-3-1-9(7-12(11)17)15(18)10-2-4-13-14(8-10)20-6-5-19-13/h1-4,7-8,15,18H,5-6H2. The van der Waals surface area contributed by atoms with E-state index in [-0.39, 0.29) is 0 Å². The fourth-order valence-corrected chi connectivity index (χ4v) is 2.75. The summed E-state index contributed by atoms with van der Waals surface area (Å²) in [4.78, 5) is 0. The van der Waals surface area contributed by atoms with Crippen molar-refractivity contribution in [2.24, 2.45) is 0 Å². The average molecular weight is 400 g/mol. The molecule has 0 amide bonds. The van der Waals surface area contributed by atoms with Crippen LogP contribution in [0.2, 0.25) is 0 Å². The van der Waals surface area contributed by atoms with Crippen LogP contribution in [-0.2, 0) is 0 Å². The second-order valence-corrected chi connectivity index (χ2v) is 6.19. The van der Waals surface area contributed by atoms with Gasteiger partial charge in [0, 0.05) is 8.95 Å². The van der Waals surface area contributed by atoms with Gasteiger partial charge in [0.1, 0.15) is 19.3 Å². The van der Waals surface area contributed by atoms with E-state index in [0.717, 1.165) is 25.8 Å². The molecule has 2 aromatic carbocycles. The van der Waals surface area contributed by atoms with Crippen molar-refractivity contribution in [2.45, 2.75) is 6.10 Å². The molecule has 1 aliphatic rings. The Labute approximate surface area is 133 Å². The van der Waals surface area contributed by atoms with Gasteiger partial charge in [-0.25, -0.2) is 0 Å². The summed E-state index contributed by atoms with van der Waals surface area (Å²) in [6.07, 6.45) is -0.699. The molecular weight excluding hydrogens is 388 g/mol. The molecule has 3 nitrogen and oxygen atoms in total.